The first kappa shape index (κ1) is 138. The topological polar surface area (TPSA) is 521 Å². The number of rotatable bonds is 56. The van der Waals surface area contributed by atoms with Crippen LogP contribution in [0.15, 0.2) is 109 Å². The molecule has 0 aromatic heterocycles. The second-order valence-electron chi connectivity index (χ2n) is 40.7. The van der Waals surface area contributed by atoms with Gasteiger partial charge in [-0.25, -0.2) is 22.6 Å². The number of aliphatic hydroxyl groups is 1. The van der Waals surface area contributed by atoms with E-state index in [0.29, 0.717) is 117 Å². The highest BCUT2D eigenvalue weighted by molar-refractivity contribution is 7.46. The van der Waals surface area contributed by atoms with E-state index in [9.17, 15) is 85.1 Å². The zero-order chi connectivity index (χ0) is 115. The van der Waals surface area contributed by atoms with E-state index < -0.39 is 118 Å². The summed E-state index contributed by atoms with van der Waals surface area (Å²) < 4.78 is 88.3. The molecule has 6 rings (SSSR count). The Morgan fingerprint density at radius 3 is 0.947 bits per heavy atom. The number of aliphatic hydroxyl groups excluding tert-OH is 1. The third-order valence-corrected chi connectivity index (χ3v) is 46.5. The number of hydrogen-bond acceptors (Lipinski definition) is 34. The fourth-order valence-corrected chi connectivity index (χ4v) is 19.7. The fraction of sp³-hybridized carbons (Fsp3) is 0.590. The van der Waals surface area contributed by atoms with Gasteiger partial charge in [0.2, 0.25) is 13.1 Å². The molecule has 50 heteroatoms. The summed E-state index contributed by atoms with van der Waals surface area (Å²) in [6.07, 6.45) is 1.40. The number of benzene rings is 6. The van der Waals surface area contributed by atoms with Gasteiger partial charge in [0.05, 0.1) is 127 Å². The van der Waals surface area contributed by atoms with Crippen molar-refractivity contribution in [1.82, 2.24) is 4.67 Å². The lowest BCUT2D eigenvalue weighted by atomic mass is 10.1. The Morgan fingerprint density at radius 2 is 0.667 bits per heavy atom. The minimum absolute atomic E-state index is 0.0185. The van der Waals surface area contributed by atoms with Crippen molar-refractivity contribution in [2.24, 2.45) is 0 Å². The summed E-state index contributed by atoms with van der Waals surface area (Å²) in [6.45, 7) is 81.6. The van der Waals surface area contributed by atoms with Crippen LogP contribution in [0.25, 0.3) is 9.69 Å². The number of halogens is 1. The molecule has 0 saturated heterocycles. The van der Waals surface area contributed by atoms with Crippen molar-refractivity contribution >= 4 is 122 Å². The predicted octanol–water partition coefficient (Wildman–Crippen LogP) is 27.6. The van der Waals surface area contributed by atoms with Crippen molar-refractivity contribution in [3.8, 4) is 34.5 Å². The maximum absolute atomic E-state index is 11.8. The quantitative estimate of drug-likeness (QED) is 0.00466. The number of carbonyl (C=O) groups is 3. The van der Waals surface area contributed by atoms with Gasteiger partial charge in [-0.05, 0) is 201 Å². The molecule has 3 N–H and O–H groups in total. The van der Waals surface area contributed by atoms with Crippen LogP contribution >= 0.6 is 36.9 Å². The highest BCUT2D eigenvalue weighted by Crippen LogP contribution is 2.52. The van der Waals surface area contributed by atoms with E-state index in [1.807, 2.05) is 27.7 Å². The summed E-state index contributed by atoms with van der Waals surface area (Å²) in [5.74, 6) is 2.32. The molecule has 0 saturated carbocycles. The number of hydrogen-bond donors (Lipinski definition) is 3. The lowest BCUT2D eigenvalue weighted by molar-refractivity contribution is -0.386. The van der Waals surface area contributed by atoms with Gasteiger partial charge >= 0.3 is 5.43 Å². The first-order valence-corrected chi connectivity index (χ1v) is 65.1. The number of nitro groups is 6. The van der Waals surface area contributed by atoms with Gasteiger partial charge in [-0.1, -0.05) is 83.1 Å². The van der Waals surface area contributed by atoms with Crippen LogP contribution in [0, 0.1) is 73.8 Å². The number of phenols is 1. The number of carbonyl (C=O) groups excluding carboxylic acids is 3. The van der Waals surface area contributed by atoms with Gasteiger partial charge in [-0.2, -0.15) is 0 Å². The number of nitro benzene ring substituents is 6. The predicted molar refractivity (Wildman–Crippen MR) is 592 cm³/mol. The molecule has 0 aliphatic rings. The standard InChI is InChI=1S/C26H46N3O6PSi.C21H35N2O6PSi.C17H29NO5Si.C16H25NO5Si.C13H17ClNO7P.C7H5NO4/c1-20(2)28(21(3)4)36(33-18-15-27-9)35-22(5)24-19-23(13-14-25(24)29(30)31)32-16-12-17-34-37(10,11)26(6,7)8;1-17(29-30(6)27-15-12-22-5)19-16-18(10-11-20(19)23(24)25)26-13-9-14-28-31(7,8)21(2,3)4;1-13(19)15-12-14(8-9-16(15)18(20)21)22-10-7-11-23-24(5,6)17(2,3)4;1-16(2,3)23(4,5)22-10-6-9-21-14-7-8-15(17(19)20)13(11-14)12-18;1-9(22-23(2)19)11-8-10(4-5-12(11)15(17)18)20-6-3-7-21-13(14)16;9-4-5-3-6(10)1-2-7(5)8(11)12/h13-14,19-22H,12,15-18H2,1-8,10-11H3;10-11,16-17H,9,12-15H2,1-4,6-8H3;8-9,12-13,19H,7,10-11H2,1-6H3;7-8,11-12H,6,9-10H2,1-5H3;4-5,8-9,19H,3,6-7H2,1-2H3;1-4,10H. The third kappa shape index (κ3) is 50.9. The van der Waals surface area contributed by atoms with Gasteiger partial charge in [-0.15, -0.1) is 0 Å². The molecule has 838 valence electrons. The average molecular weight is 2250 g/mol. The molecule has 6 aromatic carbocycles. The molecule has 0 aliphatic heterocycles. The molecular weight excluding hydrogens is 2100 g/mol. The molecular formula is C100H157ClN9O33P3Si4. The number of aldehydes is 2. The highest BCUT2D eigenvalue weighted by Gasteiger charge is 2.41. The molecule has 0 radical (unpaired) electrons. The van der Waals surface area contributed by atoms with E-state index in [-0.39, 0.29) is 128 Å². The SMILES string of the molecule is CC(C)(C)[Si](C)(C)OCCCOc1ccc([N+](=O)[O-])c(C=O)c1.CC(O)c1cc(OCCCO[Si](C)(C)C(C)(C)C)ccc1[N+](=O)[O-].CC(OP(C)O)c1cc(OCCCOC(=O)Cl)ccc1[N+](=O)[O-].O=Cc1cc(O)ccc1[N+](=O)[O-].[C-]#[N+]CCOP(C)OC(C)c1cc(OCCCO[Si](C)(C)C(C)(C)C)ccc1[N+](=O)[O-].[C-]#[N+]CCOP(OC(C)c1cc(OCCCO[Si](C)(C)C(C)(C)C)ccc1[N+](=O)[O-])N(C(C)C)C(C)C. The molecule has 6 aromatic rings. The van der Waals surface area contributed by atoms with Crippen LogP contribution in [0.2, 0.25) is 72.5 Å². The zero-order valence-electron chi connectivity index (χ0n) is 92.3. The van der Waals surface area contributed by atoms with Crippen LogP contribution in [-0.2, 0) is 45.1 Å². The smallest absolute Gasteiger partial charge is 0.403 e. The van der Waals surface area contributed by atoms with Crippen LogP contribution in [0.1, 0.15) is 238 Å². The zero-order valence-corrected chi connectivity index (χ0v) is 99.7. The maximum Gasteiger partial charge on any atom is 0.403 e. The van der Waals surface area contributed by atoms with E-state index in [1.165, 1.54) is 74.3 Å². The van der Waals surface area contributed by atoms with Gasteiger partial charge < -0.3 is 93.5 Å². The minimum atomic E-state index is -1.81. The summed E-state index contributed by atoms with van der Waals surface area (Å²) in [4.78, 5) is 111. The third-order valence-electron chi connectivity index (χ3n) is 24.3. The normalized spacial score (nSPS) is 13.2. The first-order chi connectivity index (χ1) is 69.5. The Labute approximate surface area is 895 Å². The molecule has 42 nitrogen and oxygen atoms in total. The van der Waals surface area contributed by atoms with E-state index in [4.69, 9.17) is 93.9 Å². The van der Waals surface area contributed by atoms with Crippen LogP contribution < -0.4 is 23.7 Å². The van der Waals surface area contributed by atoms with Crippen molar-refractivity contribution in [2.75, 3.05) is 106 Å². The van der Waals surface area contributed by atoms with Gasteiger partial charge in [0.15, 0.2) is 62.6 Å². The van der Waals surface area contributed by atoms with Crippen molar-refractivity contribution in [1.29, 1.82) is 0 Å². The van der Waals surface area contributed by atoms with Crippen molar-refractivity contribution in [3.05, 3.63) is 226 Å². The van der Waals surface area contributed by atoms with Gasteiger partial charge in [-0.3, -0.25) is 70.3 Å². The van der Waals surface area contributed by atoms with Crippen LogP contribution in [0.5, 0.6) is 34.5 Å². The molecule has 0 aliphatic carbocycles. The molecule has 150 heavy (non-hydrogen) atoms. The lowest BCUT2D eigenvalue weighted by Crippen LogP contribution is -2.41. The van der Waals surface area contributed by atoms with E-state index in [2.05, 4.69) is 155 Å². The summed E-state index contributed by atoms with van der Waals surface area (Å²) in [6, 6.07) is 25.9. The van der Waals surface area contributed by atoms with Crippen LogP contribution in [0.3, 0.4) is 0 Å². The Morgan fingerprint density at radius 1 is 0.400 bits per heavy atom. The molecule has 0 fully saturated rings. The van der Waals surface area contributed by atoms with E-state index in [0.717, 1.165) is 43.9 Å². The molecule has 0 bridgehead atoms. The first-order valence-electron chi connectivity index (χ1n) is 48.7. The second-order valence-corrected chi connectivity index (χ2v) is 64.2. The Bertz CT molecular complexity index is 5320. The summed E-state index contributed by atoms with van der Waals surface area (Å²) in [5.41, 5.74) is -0.343. The van der Waals surface area contributed by atoms with Crippen LogP contribution in [0.4, 0.5) is 38.9 Å². The molecule has 0 spiro atoms. The Balaban J connectivity index is 0.000000921. The average Bonchev–Trinajstić information content (AvgIpc) is 0.813. The van der Waals surface area contributed by atoms with Crippen molar-refractivity contribution < 1.29 is 128 Å². The van der Waals surface area contributed by atoms with Gasteiger partial charge in [0, 0.05) is 132 Å². The summed E-state index contributed by atoms with van der Waals surface area (Å²) in [5, 5.41) is 85.5. The van der Waals surface area contributed by atoms with E-state index in [1.54, 1.807) is 57.8 Å². The minimum Gasteiger partial charge on any atom is -0.508 e. The van der Waals surface area contributed by atoms with Gasteiger partial charge in [0.1, 0.15) is 47.7 Å². The summed E-state index contributed by atoms with van der Waals surface area (Å²) in [7, 11) is -11.5. The monoisotopic (exact) mass is 2250 g/mol. The molecule has 7 unspecified atom stereocenters. The maximum atomic E-state index is 11.8. The number of ether oxygens (including phenoxy) is 6. The van der Waals surface area contributed by atoms with Crippen molar-refractivity contribution in [2.45, 2.75) is 280 Å². The number of nitrogens with zero attached hydrogens (tertiary/aromatic N) is 9. The summed E-state index contributed by atoms with van der Waals surface area (Å²) >= 11 is 5.02. The largest absolute Gasteiger partial charge is 0.508 e. The molecule has 0 heterocycles. The molecule has 7 atom stereocenters. The fourth-order valence-electron chi connectivity index (χ4n) is 12.0. The van der Waals surface area contributed by atoms with Crippen molar-refractivity contribution in [3.63, 3.8) is 0 Å². The van der Waals surface area contributed by atoms with Crippen LogP contribution in [-0.4, -0.2) is 218 Å². The second kappa shape index (κ2) is 67.1. The number of phenolic OH excluding ortho intramolecular Hbond substituents is 1. The highest BCUT2D eigenvalue weighted by atomic mass is 35.5. The Hall–Kier alpha value is -9.72. The molecule has 0 amide bonds. The van der Waals surface area contributed by atoms with Gasteiger partial charge in [0.25, 0.3) is 42.7 Å². The van der Waals surface area contributed by atoms with E-state index >= 15 is 0 Å². The lowest BCUT2D eigenvalue weighted by Gasteiger charge is -2.36. The Kier molecular flexibility index (Phi) is 61.8. The number of aromatic hydroxyl groups is 1.